The lowest BCUT2D eigenvalue weighted by Crippen LogP contribution is -2.41. The van der Waals surface area contributed by atoms with E-state index in [0.717, 1.165) is 11.1 Å². The van der Waals surface area contributed by atoms with Crippen molar-refractivity contribution in [2.45, 2.75) is 5.16 Å². The molecule has 0 aliphatic carbocycles. The van der Waals surface area contributed by atoms with E-state index in [1.807, 2.05) is 5.38 Å². The number of hydrogen-bond donors (Lipinski definition) is 0. The lowest BCUT2D eigenvalue weighted by molar-refractivity contribution is -0.132. The predicted molar refractivity (Wildman–Crippen MR) is 108 cm³/mol. The number of benzene rings is 1. The molecule has 1 amide bonds. The Labute approximate surface area is 168 Å². The van der Waals surface area contributed by atoms with Crippen LogP contribution < -0.4 is 5.56 Å². The van der Waals surface area contributed by atoms with Crippen LogP contribution in [0.5, 0.6) is 0 Å². The summed E-state index contributed by atoms with van der Waals surface area (Å²) in [6.07, 6.45) is 0. The van der Waals surface area contributed by atoms with Gasteiger partial charge in [-0.2, -0.15) is 0 Å². The van der Waals surface area contributed by atoms with Crippen molar-refractivity contribution >= 4 is 39.2 Å². The molecule has 0 atom stereocenters. The molecular formula is C19H18FN3O3S2. The third kappa shape index (κ3) is 3.69. The number of carbonyl (C=O) groups is 1. The smallest absolute Gasteiger partial charge is 0.263 e. The van der Waals surface area contributed by atoms with Crippen LogP contribution in [-0.4, -0.2) is 52.4 Å². The van der Waals surface area contributed by atoms with E-state index in [2.05, 4.69) is 4.98 Å². The molecule has 1 saturated heterocycles. The molecule has 2 aromatic heterocycles. The highest BCUT2D eigenvalue weighted by Crippen LogP contribution is 2.32. The molecule has 1 aromatic carbocycles. The topological polar surface area (TPSA) is 64.4 Å². The fourth-order valence-electron chi connectivity index (χ4n) is 3.05. The fourth-order valence-corrected chi connectivity index (χ4v) is 4.92. The van der Waals surface area contributed by atoms with Gasteiger partial charge in [0.15, 0.2) is 5.16 Å². The van der Waals surface area contributed by atoms with Gasteiger partial charge in [0.2, 0.25) is 5.91 Å². The molecule has 0 bridgehead atoms. The van der Waals surface area contributed by atoms with Gasteiger partial charge in [-0.1, -0.05) is 23.9 Å². The summed E-state index contributed by atoms with van der Waals surface area (Å²) in [6.45, 7) is 2.30. The minimum absolute atomic E-state index is 0.0147. The van der Waals surface area contributed by atoms with Crippen LogP contribution >= 0.6 is 23.1 Å². The number of thioether (sulfide) groups is 1. The summed E-state index contributed by atoms with van der Waals surface area (Å²) in [5.41, 5.74) is 1.34. The molecule has 0 unspecified atom stereocenters. The molecule has 1 fully saturated rings. The monoisotopic (exact) mass is 419 g/mol. The number of amides is 1. The molecule has 0 radical (unpaired) electrons. The zero-order chi connectivity index (χ0) is 19.7. The molecule has 6 nitrogen and oxygen atoms in total. The predicted octanol–water partition coefficient (Wildman–Crippen LogP) is 2.75. The third-order valence-corrected chi connectivity index (χ3v) is 6.50. The highest BCUT2D eigenvalue weighted by Gasteiger charge is 2.20. The quantitative estimate of drug-likeness (QED) is 0.481. The Morgan fingerprint density at radius 3 is 2.71 bits per heavy atom. The first kappa shape index (κ1) is 19.1. The average molecular weight is 420 g/mol. The van der Waals surface area contributed by atoms with Gasteiger partial charge in [-0.25, -0.2) is 9.37 Å². The van der Waals surface area contributed by atoms with Crippen LogP contribution in [0.25, 0.3) is 21.3 Å². The summed E-state index contributed by atoms with van der Waals surface area (Å²) in [7, 11) is 1.66. The molecule has 0 spiro atoms. The Hall–Kier alpha value is -2.23. The van der Waals surface area contributed by atoms with Gasteiger partial charge in [0, 0.05) is 31.1 Å². The van der Waals surface area contributed by atoms with Crippen molar-refractivity contribution in [3.8, 4) is 11.1 Å². The number of halogens is 1. The molecule has 1 aliphatic rings. The maximum absolute atomic E-state index is 13.2. The zero-order valence-corrected chi connectivity index (χ0v) is 16.8. The summed E-state index contributed by atoms with van der Waals surface area (Å²) in [6, 6.07) is 6.05. The van der Waals surface area contributed by atoms with Crippen LogP contribution in [0.2, 0.25) is 0 Å². The van der Waals surface area contributed by atoms with Gasteiger partial charge in [-0.15, -0.1) is 11.3 Å². The molecule has 9 heteroatoms. The molecule has 0 saturated carbocycles. The summed E-state index contributed by atoms with van der Waals surface area (Å²) in [4.78, 5) is 32.3. The van der Waals surface area contributed by atoms with Crippen LogP contribution in [0.4, 0.5) is 4.39 Å². The van der Waals surface area contributed by atoms with Crippen molar-refractivity contribution in [1.82, 2.24) is 14.5 Å². The highest BCUT2D eigenvalue weighted by atomic mass is 32.2. The van der Waals surface area contributed by atoms with E-state index in [-0.39, 0.29) is 23.0 Å². The Bertz CT molecular complexity index is 1070. The summed E-state index contributed by atoms with van der Waals surface area (Å²) in [5.74, 6) is -0.0825. The number of aromatic nitrogens is 2. The van der Waals surface area contributed by atoms with Crippen LogP contribution in [0, 0.1) is 5.82 Å². The minimum Gasteiger partial charge on any atom is -0.378 e. The van der Waals surface area contributed by atoms with E-state index in [1.54, 1.807) is 24.1 Å². The summed E-state index contributed by atoms with van der Waals surface area (Å²) < 4.78 is 19.9. The summed E-state index contributed by atoms with van der Waals surface area (Å²) in [5, 5.41) is 2.88. The second-order valence-corrected chi connectivity index (χ2v) is 8.18. The van der Waals surface area contributed by atoms with Gasteiger partial charge >= 0.3 is 0 Å². The number of hydrogen-bond acceptors (Lipinski definition) is 6. The first-order valence-corrected chi connectivity index (χ1v) is 10.6. The van der Waals surface area contributed by atoms with E-state index in [0.29, 0.717) is 41.7 Å². The second-order valence-electron chi connectivity index (χ2n) is 6.38. The number of nitrogens with zero attached hydrogens (tertiary/aromatic N) is 3. The molecule has 1 aliphatic heterocycles. The minimum atomic E-state index is -0.321. The van der Waals surface area contributed by atoms with Crippen molar-refractivity contribution in [2.24, 2.45) is 7.05 Å². The standard InChI is InChI=1S/C19H18FN3O3S2/c1-22-18(25)16-14(12-2-4-13(20)5-3-12)10-27-17(16)21-19(22)28-11-15(24)23-6-8-26-9-7-23/h2-5,10H,6-9,11H2,1H3. The molecular weight excluding hydrogens is 401 g/mol. The van der Waals surface area contributed by atoms with Crippen molar-refractivity contribution in [3.05, 3.63) is 45.8 Å². The largest absolute Gasteiger partial charge is 0.378 e. The van der Waals surface area contributed by atoms with Gasteiger partial charge in [-0.05, 0) is 17.7 Å². The maximum Gasteiger partial charge on any atom is 0.263 e. The second kappa shape index (κ2) is 8.02. The van der Waals surface area contributed by atoms with Gasteiger partial charge in [0.05, 0.1) is 24.4 Å². The number of rotatable bonds is 4. The van der Waals surface area contributed by atoms with Crippen molar-refractivity contribution in [1.29, 1.82) is 0 Å². The van der Waals surface area contributed by atoms with Gasteiger partial charge in [-0.3, -0.25) is 14.2 Å². The number of thiophene rings is 1. The van der Waals surface area contributed by atoms with E-state index in [1.165, 1.54) is 39.8 Å². The first-order chi connectivity index (χ1) is 13.5. The zero-order valence-electron chi connectivity index (χ0n) is 15.2. The molecule has 3 aromatic rings. The van der Waals surface area contributed by atoms with E-state index in [4.69, 9.17) is 4.74 Å². The maximum atomic E-state index is 13.2. The Morgan fingerprint density at radius 1 is 1.29 bits per heavy atom. The Morgan fingerprint density at radius 2 is 2.00 bits per heavy atom. The van der Waals surface area contributed by atoms with E-state index in [9.17, 15) is 14.0 Å². The van der Waals surface area contributed by atoms with Crippen molar-refractivity contribution in [3.63, 3.8) is 0 Å². The average Bonchev–Trinajstić information content (AvgIpc) is 3.14. The number of carbonyl (C=O) groups excluding carboxylic acids is 1. The SMILES string of the molecule is Cn1c(SCC(=O)N2CCOCC2)nc2scc(-c3ccc(F)cc3)c2c1=O. The number of fused-ring (bicyclic) bond motifs is 1. The van der Waals surface area contributed by atoms with E-state index < -0.39 is 0 Å². The molecule has 3 heterocycles. The Kier molecular flexibility index (Phi) is 5.47. The molecule has 0 N–H and O–H groups in total. The van der Waals surface area contributed by atoms with E-state index >= 15 is 0 Å². The van der Waals surface area contributed by atoms with Crippen molar-refractivity contribution in [2.75, 3.05) is 32.1 Å². The third-order valence-electron chi connectivity index (χ3n) is 4.62. The lowest BCUT2D eigenvalue weighted by Gasteiger charge is -2.26. The van der Waals surface area contributed by atoms with Crippen LogP contribution in [0.3, 0.4) is 0 Å². The molecule has 4 rings (SSSR count). The lowest BCUT2D eigenvalue weighted by atomic mass is 10.1. The van der Waals surface area contributed by atoms with Crippen molar-refractivity contribution < 1.29 is 13.9 Å². The van der Waals surface area contributed by atoms with Crippen LogP contribution in [0.1, 0.15) is 0 Å². The van der Waals surface area contributed by atoms with Gasteiger partial charge in [0.1, 0.15) is 10.6 Å². The fraction of sp³-hybridized carbons (Fsp3) is 0.316. The summed E-state index contributed by atoms with van der Waals surface area (Å²) >= 11 is 2.63. The highest BCUT2D eigenvalue weighted by molar-refractivity contribution is 7.99. The molecule has 28 heavy (non-hydrogen) atoms. The van der Waals surface area contributed by atoms with Crippen LogP contribution in [-0.2, 0) is 16.6 Å². The van der Waals surface area contributed by atoms with Gasteiger partial charge < -0.3 is 9.64 Å². The Balaban J connectivity index is 1.61. The number of morpholine rings is 1. The normalized spacial score (nSPS) is 14.6. The van der Waals surface area contributed by atoms with Crippen LogP contribution in [0.15, 0.2) is 39.6 Å². The number of ether oxygens (including phenoxy) is 1. The molecule has 146 valence electrons. The van der Waals surface area contributed by atoms with Gasteiger partial charge in [0.25, 0.3) is 5.56 Å². The first-order valence-electron chi connectivity index (χ1n) is 8.77.